The molecule has 0 aromatic heterocycles. The molecule has 30 heavy (non-hydrogen) atoms. The summed E-state index contributed by atoms with van der Waals surface area (Å²) in [4.78, 5) is 13.0. The zero-order chi connectivity index (χ0) is 21.2. The predicted molar refractivity (Wildman–Crippen MR) is 123 cm³/mol. The van der Waals surface area contributed by atoms with E-state index in [0.29, 0.717) is 23.8 Å². The summed E-state index contributed by atoms with van der Waals surface area (Å²) in [5.41, 5.74) is 2.51. The summed E-state index contributed by atoms with van der Waals surface area (Å²) < 4.78 is 5.74. The average Bonchev–Trinajstić information content (AvgIpc) is 2.78. The van der Waals surface area contributed by atoms with Crippen molar-refractivity contribution in [2.45, 2.75) is 20.3 Å². The van der Waals surface area contributed by atoms with Crippen molar-refractivity contribution in [3.05, 3.63) is 102 Å². The van der Waals surface area contributed by atoms with Gasteiger partial charge in [0.05, 0.1) is 12.8 Å². The maximum absolute atomic E-state index is 13.0. The lowest BCUT2D eigenvalue weighted by molar-refractivity contribution is 0.106. The fraction of sp³-hybridized carbons (Fsp3) is 0.192. The van der Waals surface area contributed by atoms with E-state index in [0.717, 1.165) is 23.3 Å². The quantitative estimate of drug-likeness (QED) is 0.259. The molecule has 0 aliphatic heterocycles. The first kappa shape index (κ1) is 21.2. The van der Waals surface area contributed by atoms with Crippen LogP contribution in [0.25, 0.3) is 0 Å². The Bertz CT molecular complexity index is 992. The van der Waals surface area contributed by atoms with Crippen LogP contribution in [0.2, 0.25) is 0 Å². The van der Waals surface area contributed by atoms with E-state index in [1.54, 1.807) is 18.3 Å². The SMILES string of the molecule is CC(C)CCOc1ccc(C=NN=C(C(=O)c2ccccc2)c2ccccc2)cc1. The van der Waals surface area contributed by atoms with Gasteiger partial charge in [-0.15, -0.1) is 5.10 Å². The minimum Gasteiger partial charge on any atom is -0.494 e. The first-order valence-corrected chi connectivity index (χ1v) is 10.1. The summed E-state index contributed by atoms with van der Waals surface area (Å²) >= 11 is 0. The molecule has 152 valence electrons. The number of carbonyl (C=O) groups excluding carboxylic acids is 1. The van der Waals surface area contributed by atoms with Crippen LogP contribution in [0.3, 0.4) is 0 Å². The van der Waals surface area contributed by atoms with Crippen LogP contribution in [0.15, 0.2) is 95.1 Å². The van der Waals surface area contributed by atoms with Crippen LogP contribution in [0.1, 0.15) is 41.8 Å². The third kappa shape index (κ3) is 6.24. The minimum atomic E-state index is -0.159. The van der Waals surface area contributed by atoms with Gasteiger partial charge in [-0.3, -0.25) is 4.79 Å². The Kier molecular flexibility index (Phi) is 7.67. The van der Waals surface area contributed by atoms with Crippen molar-refractivity contribution in [1.82, 2.24) is 0 Å². The van der Waals surface area contributed by atoms with Gasteiger partial charge in [0, 0.05) is 11.1 Å². The predicted octanol–water partition coefficient (Wildman–Crippen LogP) is 5.82. The molecule has 0 fully saturated rings. The monoisotopic (exact) mass is 398 g/mol. The normalized spacial score (nSPS) is 11.8. The maximum Gasteiger partial charge on any atom is 0.213 e. The van der Waals surface area contributed by atoms with Crippen molar-refractivity contribution in [1.29, 1.82) is 0 Å². The molecule has 0 N–H and O–H groups in total. The van der Waals surface area contributed by atoms with Gasteiger partial charge in [-0.2, -0.15) is 5.10 Å². The molecule has 0 bridgehead atoms. The molecule has 3 rings (SSSR count). The van der Waals surface area contributed by atoms with E-state index in [2.05, 4.69) is 24.1 Å². The lowest BCUT2D eigenvalue weighted by atomic mass is 10.0. The van der Waals surface area contributed by atoms with Crippen molar-refractivity contribution >= 4 is 17.7 Å². The van der Waals surface area contributed by atoms with E-state index in [1.165, 1.54) is 0 Å². The van der Waals surface area contributed by atoms with Crippen LogP contribution >= 0.6 is 0 Å². The summed E-state index contributed by atoms with van der Waals surface area (Å²) in [5, 5.41) is 8.44. The van der Waals surface area contributed by atoms with Crippen LogP contribution in [0.5, 0.6) is 5.75 Å². The Morgan fingerprint density at radius 3 is 2.07 bits per heavy atom. The molecule has 0 amide bonds. The third-order valence-corrected chi connectivity index (χ3v) is 4.51. The highest BCUT2D eigenvalue weighted by Gasteiger charge is 2.15. The topological polar surface area (TPSA) is 51.0 Å². The molecule has 4 heteroatoms. The fourth-order valence-corrected chi connectivity index (χ4v) is 2.77. The van der Waals surface area contributed by atoms with Gasteiger partial charge in [0.2, 0.25) is 5.78 Å². The molecule has 0 unspecified atom stereocenters. The molecule has 0 heterocycles. The molecular weight excluding hydrogens is 372 g/mol. The van der Waals surface area contributed by atoms with Gasteiger partial charge in [0.25, 0.3) is 0 Å². The van der Waals surface area contributed by atoms with Crippen molar-refractivity contribution in [3.8, 4) is 5.75 Å². The zero-order valence-corrected chi connectivity index (χ0v) is 17.4. The summed E-state index contributed by atoms with van der Waals surface area (Å²) in [6.07, 6.45) is 2.66. The third-order valence-electron chi connectivity index (χ3n) is 4.51. The number of carbonyl (C=O) groups is 1. The lowest BCUT2D eigenvalue weighted by Gasteiger charge is -2.07. The average molecular weight is 399 g/mol. The molecule has 0 aliphatic carbocycles. The molecule has 0 aliphatic rings. The molecule has 0 saturated heterocycles. The highest BCUT2D eigenvalue weighted by Crippen LogP contribution is 2.13. The van der Waals surface area contributed by atoms with E-state index in [-0.39, 0.29) is 5.78 Å². The van der Waals surface area contributed by atoms with Gasteiger partial charge < -0.3 is 4.74 Å². The van der Waals surface area contributed by atoms with E-state index in [4.69, 9.17) is 4.74 Å². The summed E-state index contributed by atoms with van der Waals surface area (Å²) in [5.74, 6) is 1.29. The highest BCUT2D eigenvalue weighted by atomic mass is 16.5. The number of hydrogen-bond donors (Lipinski definition) is 0. The first-order chi connectivity index (χ1) is 14.6. The molecule has 0 saturated carbocycles. The molecule has 4 nitrogen and oxygen atoms in total. The summed E-state index contributed by atoms with van der Waals surface area (Å²) in [6.45, 7) is 5.06. The molecule has 3 aromatic carbocycles. The largest absolute Gasteiger partial charge is 0.494 e. The van der Waals surface area contributed by atoms with Crippen molar-refractivity contribution in [2.75, 3.05) is 6.61 Å². The van der Waals surface area contributed by atoms with Crippen LogP contribution in [0, 0.1) is 5.92 Å². The molecule has 0 radical (unpaired) electrons. The Hall–Kier alpha value is -3.53. The molecule has 0 spiro atoms. The van der Waals surface area contributed by atoms with Crippen molar-refractivity contribution < 1.29 is 9.53 Å². The van der Waals surface area contributed by atoms with Crippen LogP contribution in [0.4, 0.5) is 0 Å². The smallest absolute Gasteiger partial charge is 0.213 e. The van der Waals surface area contributed by atoms with E-state index < -0.39 is 0 Å². The number of ether oxygens (including phenoxy) is 1. The van der Waals surface area contributed by atoms with Gasteiger partial charge in [-0.05, 0) is 42.2 Å². The number of benzene rings is 3. The van der Waals surface area contributed by atoms with E-state index in [1.807, 2.05) is 72.8 Å². The minimum absolute atomic E-state index is 0.159. The number of rotatable bonds is 9. The molecular formula is C26H26N2O2. The summed E-state index contributed by atoms with van der Waals surface area (Å²) in [7, 11) is 0. The second-order valence-corrected chi connectivity index (χ2v) is 7.35. The summed E-state index contributed by atoms with van der Waals surface area (Å²) in [6, 6.07) is 26.2. The lowest BCUT2D eigenvalue weighted by Crippen LogP contribution is -2.15. The Morgan fingerprint density at radius 1 is 0.867 bits per heavy atom. The number of nitrogens with zero attached hydrogens (tertiary/aromatic N) is 2. The van der Waals surface area contributed by atoms with Gasteiger partial charge in [-0.25, -0.2) is 0 Å². The first-order valence-electron chi connectivity index (χ1n) is 10.1. The van der Waals surface area contributed by atoms with Gasteiger partial charge in [-0.1, -0.05) is 74.5 Å². The van der Waals surface area contributed by atoms with Gasteiger partial charge >= 0.3 is 0 Å². The van der Waals surface area contributed by atoms with Gasteiger partial charge in [0.1, 0.15) is 11.5 Å². The van der Waals surface area contributed by atoms with Crippen LogP contribution < -0.4 is 4.74 Å². The Morgan fingerprint density at radius 2 is 1.47 bits per heavy atom. The zero-order valence-electron chi connectivity index (χ0n) is 17.4. The molecule has 0 atom stereocenters. The standard InChI is InChI=1S/C26H26N2O2/c1-20(2)17-18-30-24-15-13-21(14-16-24)19-27-28-25(22-9-5-3-6-10-22)26(29)23-11-7-4-8-12-23/h3-16,19-20H,17-18H2,1-2H3. The van der Waals surface area contributed by atoms with Crippen molar-refractivity contribution in [3.63, 3.8) is 0 Å². The fourth-order valence-electron chi connectivity index (χ4n) is 2.77. The van der Waals surface area contributed by atoms with E-state index in [9.17, 15) is 4.79 Å². The van der Waals surface area contributed by atoms with Crippen LogP contribution in [-0.4, -0.2) is 24.3 Å². The Balaban J connectivity index is 1.75. The number of Topliss-reactive ketones (excluding diaryl/α,β-unsaturated/α-hetero) is 1. The van der Waals surface area contributed by atoms with E-state index >= 15 is 0 Å². The van der Waals surface area contributed by atoms with Gasteiger partial charge in [0.15, 0.2) is 0 Å². The Labute approximate surface area is 178 Å². The highest BCUT2D eigenvalue weighted by molar-refractivity contribution is 6.51. The number of ketones is 1. The maximum atomic E-state index is 13.0. The van der Waals surface area contributed by atoms with Crippen molar-refractivity contribution in [2.24, 2.45) is 16.1 Å². The molecule has 3 aromatic rings. The second-order valence-electron chi connectivity index (χ2n) is 7.35. The number of hydrogen-bond acceptors (Lipinski definition) is 4. The van der Waals surface area contributed by atoms with Crippen LogP contribution in [-0.2, 0) is 0 Å². The second kappa shape index (κ2) is 10.9.